The molecule has 1 heterocycles. The van der Waals surface area contributed by atoms with Crippen molar-refractivity contribution in [1.82, 2.24) is 4.98 Å². The van der Waals surface area contributed by atoms with Crippen molar-refractivity contribution in [2.75, 3.05) is 10.6 Å². The highest BCUT2D eigenvalue weighted by Gasteiger charge is 2.59. The molecule has 1 fully saturated rings. The molecule has 0 saturated heterocycles. The van der Waals surface area contributed by atoms with Crippen LogP contribution in [-0.2, 0) is 0 Å². The Morgan fingerprint density at radius 3 is 2.47 bits per heavy atom. The first-order valence-corrected chi connectivity index (χ1v) is 11.7. The summed E-state index contributed by atoms with van der Waals surface area (Å²) in [5.41, 5.74) is 3.53. The lowest BCUT2D eigenvalue weighted by Crippen LogP contribution is -2.06. The Kier molecular flexibility index (Phi) is 6.60. The number of nitrogens with zero attached hydrogens (tertiary/aromatic N) is 1. The number of benzene rings is 2. The maximum absolute atomic E-state index is 14.2. The molecule has 1 aliphatic rings. The van der Waals surface area contributed by atoms with Gasteiger partial charge in [0, 0.05) is 34.8 Å². The van der Waals surface area contributed by atoms with E-state index in [1.54, 1.807) is 25.1 Å². The Bertz CT molecular complexity index is 1350. The van der Waals surface area contributed by atoms with Crippen molar-refractivity contribution in [3.8, 4) is 5.75 Å². The van der Waals surface area contributed by atoms with E-state index >= 15 is 0 Å². The van der Waals surface area contributed by atoms with Crippen LogP contribution in [0.4, 0.5) is 24.7 Å². The van der Waals surface area contributed by atoms with Gasteiger partial charge in [0.25, 0.3) is 0 Å². The molecule has 0 radical (unpaired) electrons. The minimum atomic E-state index is -1.26. The summed E-state index contributed by atoms with van der Waals surface area (Å²) in [7, 11) is 0. The van der Waals surface area contributed by atoms with Gasteiger partial charge in [0.1, 0.15) is 17.7 Å². The Morgan fingerprint density at radius 1 is 1.08 bits per heavy atom. The summed E-state index contributed by atoms with van der Waals surface area (Å²) >= 11 is 0. The smallest absolute Gasteiger partial charge is 0.166 e. The number of rotatable bonds is 8. The van der Waals surface area contributed by atoms with Crippen molar-refractivity contribution in [3.05, 3.63) is 101 Å². The van der Waals surface area contributed by atoms with E-state index in [0.717, 1.165) is 5.56 Å². The third-order valence-electron chi connectivity index (χ3n) is 6.84. The highest BCUT2D eigenvalue weighted by atomic mass is 19.1. The molecule has 4 rings (SSSR count). The first-order valence-electron chi connectivity index (χ1n) is 11.7. The van der Waals surface area contributed by atoms with Gasteiger partial charge in [-0.25, -0.2) is 18.2 Å². The number of aromatic hydroxyl groups is 1. The lowest BCUT2D eigenvalue weighted by Gasteiger charge is -2.15. The minimum absolute atomic E-state index is 0.00686. The molecular formula is C29H30F3N3O. The average molecular weight is 494 g/mol. The molecule has 188 valence electrons. The number of alkyl halides is 1. The molecule has 36 heavy (non-hydrogen) atoms. The van der Waals surface area contributed by atoms with Crippen molar-refractivity contribution in [2.45, 2.75) is 39.8 Å². The number of phenols is 1. The number of pyridine rings is 1. The number of anilines is 2. The zero-order chi connectivity index (χ0) is 26.4. The highest BCUT2D eigenvalue weighted by molar-refractivity contribution is 5.79. The summed E-state index contributed by atoms with van der Waals surface area (Å²) < 4.78 is 42.3. The van der Waals surface area contributed by atoms with Crippen molar-refractivity contribution >= 4 is 17.2 Å². The molecule has 0 aliphatic heterocycles. The van der Waals surface area contributed by atoms with Crippen LogP contribution in [0.5, 0.6) is 5.75 Å². The quantitative estimate of drug-likeness (QED) is 0.280. The van der Waals surface area contributed by atoms with E-state index in [-0.39, 0.29) is 34.5 Å². The lowest BCUT2D eigenvalue weighted by atomic mass is 9.99. The molecule has 0 spiro atoms. The number of aromatic nitrogens is 1. The number of nitrogens with one attached hydrogen (secondary N) is 2. The van der Waals surface area contributed by atoms with Crippen LogP contribution in [0.25, 0.3) is 5.70 Å². The van der Waals surface area contributed by atoms with Crippen molar-refractivity contribution in [2.24, 2.45) is 11.3 Å². The number of hydrogen-bond donors (Lipinski definition) is 3. The molecule has 3 N–H and O–H groups in total. The zero-order valence-electron chi connectivity index (χ0n) is 20.8. The summed E-state index contributed by atoms with van der Waals surface area (Å²) in [6.07, 6.45) is 0.270. The van der Waals surface area contributed by atoms with Gasteiger partial charge in [-0.05, 0) is 78.3 Å². The first-order chi connectivity index (χ1) is 16.9. The maximum Gasteiger partial charge on any atom is 0.166 e. The van der Waals surface area contributed by atoms with E-state index in [2.05, 4.69) is 42.6 Å². The number of halogens is 3. The molecule has 7 heteroatoms. The number of allylic oxidation sites excluding steroid dienone is 1. The molecule has 0 bridgehead atoms. The van der Waals surface area contributed by atoms with Crippen LogP contribution in [0.2, 0.25) is 0 Å². The highest BCUT2D eigenvalue weighted by Crippen LogP contribution is 2.67. The summed E-state index contributed by atoms with van der Waals surface area (Å²) in [5.74, 6) is -1.06. The fraction of sp³-hybridized carbons (Fsp3) is 0.276. The van der Waals surface area contributed by atoms with Crippen molar-refractivity contribution in [1.29, 1.82) is 0 Å². The van der Waals surface area contributed by atoms with E-state index < -0.39 is 17.8 Å². The first kappa shape index (κ1) is 25.4. The molecule has 3 unspecified atom stereocenters. The van der Waals surface area contributed by atoms with Crippen LogP contribution in [0.3, 0.4) is 0 Å². The van der Waals surface area contributed by atoms with Gasteiger partial charge in [0.05, 0.1) is 0 Å². The van der Waals surface area contributed by atoms with Crippen LogP contribution in [0.15, 0.2) is 67.5 Å². The molecule has 1 aliphatic carbocycles. The molecule has 1 aromatic heterocycles. The molecule has 2 aromatic carbocycles. The maximum atomic E-state index is 14.2. The summed E-state index contributed by atoms with van der Waals surface area (Å²) in [4.78, 5) is 4.04. The Balaban J connectivity index is 1.52. The van der Waals surface area contributed by atoms with Gasteiger partial charge in [0.2, 0.25) is 0 Å². The minimum Gasteiger partial charge on any atom is -0.507 e. The molecule has 0 amide bonds. The zero-order valence-corrected chi connectivity index (χ0v) is 20.8. The topological polar surface area (TPSA) is 57.2 Å². The predicted octanol–water partition coefficient (Wildman–Crippen LogP) is 7.85. The number of hydrogen-bond acceptors (Lipinski definition) is 4. The third kappa shape index (κ3) is 4.96. The molecule has 3 aromatic rings. The van der Waals surface area contributed by atoms with Crippen LogP contribution < -0.4 is 10.6 Å². The van der Waals surface area contributed by atoms with Gasteiger partial charge in [0.15, 0.2) is 11.6 Å². The van der Waals surface area contributed by atoms with Crippen LogP contribution in [-0.4, -0.2) is 10.1 Å². The van der Waals surface area contributed by atoms with Gasteiger partial charge in [-0.15, -0.1) is 0 Å². The second-order valence-corrected chi connectivity index (χ2v) is 10.0. The largest absolute Gasteiger partial charge is 0.507 e. The molecule has 4 nitrogen and oxygen atoms in total. The van der Waals surface area contributed by atoms with Crippen molar-refractivity contribution < 1.29 is 18.3 Å². The van der Waals surface area contributed by atoms with Gasteiger partial charge in [-0.1, -0.05) is 33.1 Å². The van der Waals surface area contributed by atoms with E-state index in [1.807, 2.05) is 0 Å². The third-order valence-corrected chi connectivity index (χ3v) is 6.84. The molecular weight excluding hydrogens is 463 g/mol. The lowest BCUT2D eigenvalue weighted by molar-refractivity contribution is 0.372. The number of phenolic OH excluding ortho intramolecular Hbond substituents is 1. The summed E-state index contributed by atoms with van der Waals surface area (Å²) in [6, 6.07) is 10.6. The van der Waals surface area contributed by atoms with E-state index in [9.17, 15) is 18.3 Å². The van der Waals surface area contributed by atoms with E-state index in [1.165, 1.54) is 37.4 Å². The van der Waals surface area contributed by atoms with Crippen LogP contribution in [0, 0.1) is 29.9 Å². The Hall–Kier alpha value is -3.74. The standard InChI is InChI=1S/C29H30F3N3O/c1-15-9-24(32)28(33-14-15)35-17(3)23-13-22(7-8-25(23)36)34-18(4)26-27(29(26,5)6)20-10-19(16(2)30)11-21(31)12-20/h7-14,16,26-27,34,36H,3-4H2,1-2,5-6H3,(H,33,35). The fourth-order valence-corrected chi connectivity index (χ4v) is 4.91. The Morgan fingerprint density at radius 2 is 1.81 bits per heavy atom. The second-order valence-electron chi connectivity index (χ2n) is 10.0. The normalized spacial score (nSPS) is 18.9. The number of aryl methyl sites for hydroxylation is 1. The summed E-state index contributed by atoms with van der Waals surface area (Å²) in [5, 5.41) is 16.5. The van der Waals surface area contributed by atoms with E-state index in [0.29, 0.717) is 28.1 Å². The average Bonchev–Trinajstić information content (AvgIpc) is 3.38. The molecule has 1 saturated carbocycles. The summed E-state index contributed by atoms with van der Waals surface area (Å²) in [6.45, 7) is 15.4. The van der Waals surface area contributed by atoms with Gasteiger partial charge in [-0.3, -0.25) is 0 Å². The van der Waals surface area contributed by atoms with Gasteiger partial charge < -0.3 is 15.7 Å². The van der Waals surface area contributed by atoms with Crippen LogP contribution in [0.1, 0.15) is 55.1 Å². The van der Waals surface area contributed by atoms with Crippen molar-refractivity contribution in [3.63, 3.8) is 0 Å². The second kappa shape index (κ2) is 9.37. The fourth-order valence-electron chi connectivity index (χ4n) is 4.91. The van der Waals surface area contributed by atoms with Gasteiger partial charge in [-0.2, -0.15) is 0 Å². The van der Waals surface area contributed by atoms with E-state index in [4.69, 9.17) is 0 Å². The van der Waals surface area contributed by atoms with Gasteiger partial charge >= 0.3 is 0 Å². The predicted molar refractivity (Wildman–Crippen MR) is 138 cm³/mol. The molecule has 3 atom stereocenters. The Labute approximate surface area is 209 Å². The monoisotopic (exact) mass is 493 g/mol. The van der Waals surface area contributed by atoms with Crippen LogP contribution >= 0.6 is 0 Å². The SMILES string of the molecule is C=C(Nc1ncc(C)cc1F)c1cc(NC(=C)C2C(c3cc(F)cc(C(C)F)c3)C2(C)C)ccc1O.